The number of aromatic amines is 1. The number of aromatic nitrogens is 2. The highest BCUT2D eigenvalue weighted by molar-refractivity contribution is 5.87. The highest BCUT2D eigenvalue weighted by atomic mass is 16.5. The van der Waals surface area contributed by atoms with Crippen LogP contribution < -0.4 is 5.56 Å². The number of aryl methyl sites for hydroxylation is 2. The summed E-state index contributed by atoms with van der Waals surface area (Å²) in [7, 11) is 1.25. The molecule has 0 amide bonds. The Labute approximate surface area is 201 Å². The molecule has 3 N–H and O–H groups in total. The van der Waals surface area contributed by atoms with Crippen molar-refractivity contribution in [1.82, 2.24) is 9.55 Å². The average molecular weight is 475 g/mol. The summed E-state index contributed by atoms with van der Waals surface area (Å²) in [6, 6.07) is 15.3. The molecule has 0 aliphatic carbocycles. The fraction of sp³-hybridized carbons (Fsp3) is 0.222. The van der Waals surface area contributed by atoms with Crippen molar-refractivity contribution in [1.29, 1.82) is 0 Å². The maximum Gasteiger partial charge on any atom is 0.335 e. The maximum absolute atomic E-state index is 13.6. The molecule has 1 unspecified atom stereocenters. The quantitative estimate of drug-likeness (QED) is 0.332. The van der Waals surface area contributed by atoms with Crippen LogP contribution in [0.4, 0.5) is 0 Å². The Balaban J connectivity index is 1.74. The van der Waals surface area contributed by atoms with Crippen molar-refractivity contribution < 1.29 is 24.5 Å². The van der Waals surface area contributed by atoms with Gasteiger partial charge in [0.2, 0.25) is 0 Å². The van der Waals surface area contributed by atoms with Gasteiger partial charge in [-0.05, 0) is 48.7 Å². The number of benzene rings is 2. The SMILES string of the molecule is COC(=O)CC(c1ccc(C(=O)O)cc1)c1c(O)cc(C)n(CCc2c[nH]c3ccccc23)c1=O. The summed E-state index contributed by atoms with van der Waals surface area (Å²) in [5.74, 6) is -2.66. The Kier molecular flexibility index (Phi) is 6.73. The number of methoxy groups -OCH3 is 1. The van der Waals surface area contributed by atoms with E-state index in [4.69, 9.17) is 4.74 Å². The second-order valence-electron chi connectivity index (χ2n) is 8.41. The third kappa shape index (κ3) is 4.82. The highest BCUT2D eigenvalue weighted by Crippen LogP contribution is 2.33. The van der Waals surface area contributed by atoms with E-state index in [0.29, 0.717) is 24.2 Å². The molecule has 0 radical (unpaired) electrons. The van der Waals surface area contributed by atoms with Crippen LogP contribution in [0.5, 0.6) is 5.75 Å². The molecule has 0 saturated heterocycles. The molecule has 2 heterocycles. The Hall–Kier alpha value is -4.33. The standard InChI is InChI=1S/C27H26N2O6/c1-16-13-23(30)25(21(14-24(31)35-2)17-7-9-18(10-8-17)27(33)34)26(32)29(16)12-11-19-15-28-22-6-4-3-5-20(19)22/h3-10,13,15,21,28,30H,11-12,14H2,1-2H3,(H,33,34). The van der Waals surface area contributed by atoms with E-state index >= 15 is 0 Å². The molecule has 180 valence electrons. The number of esters is 1. The number of carboxylic acids is 1. The molecule has 0 spiro atoms. The zero-order valence-electron chi connectivity index (χ0n) is 19.4. The fourth-order valence-electron chi connectivity index (χ4n) is 4.44. The van der Waals surface area contributed by atoms with Gasteiger partial charge in [0.15, 0.2) is 0 Å². The number of nitrogens with zero attached hydrogens (tertiary/aromatic N) is 1. The predicted molar refractivity (Wildman–Crippen MR) is 131 cm³/mol. The summed E-state index contributed by atoms with van der Waals surface area (Å²) in [4.78, 5) is 40.3. The molecular formula is C27H26N2O6. The van der Waals surface area contributed by atoms with Crippen LogP contribution in [0.2, 0.25) is 0 Å². The van der Waals surface area contributed by atoms with Gasteiger partial charge in [-0.1, -0.05) is 30.3 Å². The van der Waals surface area contributed by atoms with Gasteiger partial charge < -0.3 is 24.5 Å². The minimum atomic E-state index is -1.08. The summed E-state index contributed by atoms with van der Waals surface area (Å²) >= 11 is 0. The number of rotatable bonds is 8. The van der Waals surface area contributed by atoms with Crippen LogP contribution in [0.3, 0.4) is 0 Å². The Morgan fingerprint density at radius 3 is 2.51 bits per heavy atom. The van der Waals surface area contributed by atoms with Crippen molar-refractivity contribution in [3.05, 3.63) is 99.1 Å². The number of fused-ring (bicyclic) bond motifs is 1. The zero-order chi connectivity index (χ0) is 25.1. The lowest BCUT2D eigenvalue weighted by atomic mass is 9.88. The summed E-state index contributed by atoms with van der Waals surface area (Å²) in [6.07, 6.45) is 2.33. The fourth-order valence-corrected chi connectivity index (χ4v) is 4.44. The van der Waals surface area contributed by atoms with Gasteiger partial charge in [-0.25, -0.2) is 4.79 Å². The number of carboxylic acid groups (broad SMARTS) is 1. The molecule has 0 fully saturated rings. The van der Waals surface area contributed by atoms with Crippen LogP contribution in [-0.4, -0.2) is 38.8 Å². The van der Waals surface area contributed by atoms with Crippen LogP contribution in [-0.2, 0) is 22.5 Å². The molecule has 0 aliphatic heterocycles. The third-order valence-corrected chi connectivity index (χ3v) is 6.31. The van der Waals surface area contributed by atoms with Gasteiger partial charge in [-0.2, -0.15) is 0 Å². The van der Waals surface area contributed by atoms with Gasteiger partial charge in [-0.15, -0.1) is 0 Å². The molecule has 2 aromatic carbocycles. The minimum Gasteiger partial charge on any atom is -0.507 e. The van der Waals surface area contributed by atoms with E-state index in [1.165, 1.54) is 25.3 Å². The molecule has 35 heavy (non-hydrogen) atoms. The van der Waals surface area contributed by atoms with E-state index in [0.717, 1.165) is 16.5 Å². The van der Waals surface area contributed by atoms with Gasteiger partial charge in [0.05, 0.1) is 24.7 Å². The summed E-state index contributed by atoms with van der Waals surface area (Å²) in [6.45, 7) is 2.12. The lowest BCUT2D eigenvalue weighted by Gasteiger charge is -2.20. The number of carbonyl (C=O) groups is 2. The number of carbonyl (C=O) groups excluding carboxylic acids is 1. The van der Waals surface area contributed by atoms with Crippen molar-refractivity contribution in [3.8, 4) is 5.75 Å². The molecule has 2 aromatic heterocycles. The first kappa shape index (κ1) is 23.8. The van der Waals surface area contributed by atoms with E-state index in [1.54, 1.807) is 23.6 Å². The van der Waals surface area contributed by atoms with Crippen molar-refractivity contribution in [2.24, 2.45) is 0 Å². The first-order chi connectivity index (χ1) is 16.8. The van der Waals surface area contributed by atoms with Crippen LogP contribution in [0, 0.1) is 6.92 Å². The topological polar surface area (TPSA) is 122 Å². The van der Waals surface area contributed by atoms with Gasteiger partial charge in [0.1, 0.15) is 5.75 Å². The normalized spacial score (nSPS) is 11.9. The van der Waals surface area contributed by atoms with Crippen LogP contribution in [0.15, 0.2) is 65.6 Å². The molecule has 4 rings (SSSR count). The number of hydrogen-bond donors (Lipinski definition) is 3. The number of aromatic carboxylic acids is 1. The third-order valence-electron chi connectivity index (χ3n) is 6.31. The van der Waals surface area contributed by atoms with Crippen molar-refractivity contribution in [2.45, 2.75) is 32.2 Å². The van der Waals surface area contributed by atoms with Crippen LogP contribution in [0.25, 0.3) is 10.9 Å². The second kappa shape index (κ2) is 9.89. The summed E-state index contributed by atoms with van der Waals surface area (Å²) in [5.41, 5.74) is 2.95. The largest absolute Gasteiger partial charge is 0.507 e. The first-order valence-corrected chi connectivity index (χ1v) is 11.2. The maximum atomic E-state index is 13.6. The summed E-state index contributed by atoms with van der Waals surface area (Å²) < 4.78 is 6.42. The highest BCUT2D eigenvalue weighted by Gasteiger charge is 2.27. The van der Waals surface area contributed by atoms with Crippen molar-refractivity contribution in [3.63, 3.8) is 0 Å². The molecule has 0 bridgehead atoms. The summed E-state index contributed by atoms with van der Waals surface area (Å²) in [5, 5.41) is 21.1. The first-order valence-electron chi connectivity index (χ1n) is 11.2. The number of nitrogens with one attached hydrogen (secondary N) is 1. The number of aromatic hydroxyl groups is 1. The van der Waals surface area contributed by atoms with Crippen molar-refractivity contribution >= 4 is 22.8 Å². The van der Waals surface area contributed by atoms with E-state index in [2.05, 4.69) is 4.98 Å². The van der Waals surface area contributed by atoms with E-state index in [-0.39, 0.29) is 23.3 Å². The lowest BCUT2D eigenvalue weighted by molar-refractivity contribution is -0.140. The minimum absolute atomic E-state index is 0.0722. The molecule has 1 atom stereocenters. The van der Waals surface area contributed by atoms with Gasteiger partial charge in [0, 0.05) is 35.3 Å². The second-order valence-corrected chi connectivity index (χ2v) is 8.41. The predicted octanol–water partition coefficient (Wildman–Crippen LogP) is 3.98. The van der Waals surface area contributed by atoms with Gasteiger partial charge in [-0.3, -0.25) is 9.59 Å². The van der Waals surface area contributed by atoms with E-state index in [1.807, 2.05) is 30.5 Å². The molecule has 8 nitrogen and oxygen atoms in total. The number of pyridine rings is 1. The Morgan fingerprint density at radius 1 is 1.11 bits per heavy atom. The zero-order valence-corrected chi connectivity index (χ0v) is 19.4. The number of hydrogen-bond acceptors (Lipinski definition) is 5. The Bertz CT molecular complexity index is 1450. The molecule has 4 aromatic rings. The van der Waals surface area contributed by atoms with Crippen molar-refractivity contribution in [2.75, 3.05) is 7.11 Å². The molecular weight excluding hydrogens is 448 g/mol. The molecule has 0 aliphatic rings. The molecule has 8 heteroatoms. The smallest absolute Gasteiger partial charge is 0.335 e. The van der Waals surface area contributed by atoms with Crippen LogP contribution >= 0.6 is 0 Å². The Morgan fingerprint density at radius 2 is 1.83 bits per heavy atom. The number of H-pyrrole nitrogens is 1. The van der Waals surface area contributed by atoms with E-state index < -0.39 is 23.4 Å². The average Bonchev–Trinajstić information content (AvgIpc) is 3.26. The molecule has 0 saturated carbocycles. The van der Waals surface area contributed by atoms with E-state index in [9.17, 15) is 24.6 Å². The van der Waals surface area contributed by atoms with Gasteiger partial charge >= 0.3 is 11.9 Å². The van der Waals surface area contributed by atoms with Gasteiger partial charge in [0.25, 0.3) is 5.56 Å². The monoisotopic (exact) mass is 474 g/mol. The lowest BCUT2D eigenvalue weighted by Crippen LogP contribution is -2.29. The van der Waals surface area contributed by atoms with Crippen LogP contribution in [0.1, 0.15) is 45.1 Å². The number of para-hydroxylation sites is 1. The number of ether oxygens (including phenoxy) is 1.